The van der Waals surface area contributed by atoms with Gasteiger partial charge in [0.15, 0.2) is 5.92 Å². The van der Waals surface area contributed by atoms with Crippen LogP contribution in [0, 0.1) is 18.3 Å². The summed E-state index contributed by atoms with van der Waals surface area (Å²) in [5, 5.41) is 9.30. The Morgan fingerprint density at radius 1 is 1.15 bits per heavy atom. The SMILES string of the molecule is Cc1cccc(N(C)C(=O)C(C#N)c2ccccc2)c1. The van der Waals surface area contributed by atoms with Gasteiger partial charge in [0.1, 0.15) is 0 Å². The second-order valence-corrected chi connectivity index (χ2v) is 4.71. The van der Waals surface area contributed by atoms with E-state index in [1.807, 2.05) is 49.4 Å². The number of anilines is 1. The van der Waals surface area contributed by atoms with Crippen molar-refractivity contribution in [3.8, 4) is 6.07 Å². The summed E-state index contributed by atoms with van der Waals surface area (Å²) < 4.78 is 0. The molecule has 0 aromatic heterocycles. The summed E-state index contributed by atoms with van der Waals surface area (Å²) in [5.41, 5.74) is 2.60. The standard InChI is InChI=1S/C17H16N2O/c1-13-7-6-10-15(11-13)19(2)17(20)16(12-18)14-8-4-3-5-9-14/h3-11,16H,1-2H3. The molecule has 2 aromatic rings. The molecule has 2 aromatic carbocycles. The van der Waals surface area contributed by atoms with Gasteiger partial charge >= 0.3 is 0 Å². The zero-order valence-electron chi connectivity index (χ0n) is 11.6. The number of nitrogens with zero attached hydrogens (tertiary/aromatic N) is 2. The molecule has 0 heterocycles. The Morgan fingerprint density at radius 3 is 2.45 bits per heavy atom. The third kappa shape index (κ3) is 2.86. The number of rotatable bonds is 3. The molecule has 1 unspecified atom stereocenters. The number of carbonyl (C=O) groups is 1. The van der Waals surface area contributed by atoms with Crippen molar-refractivity contribution in [2.75, 3.05) is 11.9 Å². The minimum Gasteiger partial charge on any atom is -0.314 e. The van der Waals surface area contributed by atoms with Crippen LogP contribution in [0.5, 0.6) is 0 Å². The summed E-state index contributed by atoms with van der Waals surface area (Å²) in [6.45, 7) is 1.97. The molecular formula is C17H16N2O. The molecule has 0 fully saturated rings. The lowest BCUT2D eigenvalue weighted by molar-refractivity contribution is -0.118. The fourth-order valence-electron chi connectivity index (χ4n) is 2.08. The monoisotopic (exact) mass is 264 g/mol. The van der Waals surface area contributed by atoms with E-state index in [1.165, 1.54) is 4.90 Å². The number of hydrogen-bond acceptors (Lipinski definition) is 2. The van der Waals surface area contributed by atoms with Gasteiger partial charge < -0.3 is 4.90 Å². The number of carbonyl (C=O) groups excluding carboxylic acids is 1. The normalized spacial score (nSPS) is 11.4. The number of benzene rings is 2. The largest absolute Gasteiger partial charge is 0.314 e. The zero-order chi connectivity index (χ0) is 14.5. The van der Waals surface area contributed by atoms with Crippen LogP contribution in [0.4, 0.5) is 5.69 Å². The van der Waals surface area contributed by atoms with Gasteiger partial charge in [0, 0.05) is 12.7 Å². The van der Waals surface area contributed by atoms with E-state index < -0.39 is 5.92 Å². The fourth-order valence-corrected chi connectivity index (χ4v) is 2.08. The first kappa shape index (κ1) is 13.8. The number of likely N-dealkylation sites (N-methyl/N-ethyl adjacent to an activating group) is 1. The van der Waals surface area contributed by atoms with Crippen molar-refractivity contribution in [3.05, 3.63) is 65.7 Å². The topological polar surface area (TPSA) is 44.1 Å². The fraction of sp³-hybridized carbons (Fsp3) is 0.176. The van der Waals surface area contributed by atoms with Gasteiger partial charge in [0.05, 0.1) is 6.07 Å². The van der Waals surface area contributed by atoms with Gasteiger partial charge in [-0.2, -0.15) is 5.26 Å². The molecule has 0 aliphatic heterocycles. The molecule has 3 heteroatoms. The van der Waals surface area contributed by atoms with Crippen molar-refractivity contribution in [3.63, 3.8) is 0 Å². The molecule has 20 heavy (non-hydrogen) atoms. The highest BCUT2D eigenvalue weighted by molar-refractivity contribution is 5.99. The van der Waals surface area contributed by atoms with Crippen LogP contribution < -0.4 is 4.90 Å². The van der Waals surface area contributed by atoms with Gasteiger partial charge in [-0.25, -0.2) is 0 Å². The highest BCUT2D eigenvalue weighted by atomic mass is 16.2. The number of aryl methyl sites for hydroxylation is 1. The number of amides is 1. The quantitative estimate of drug-likeness (QED) is 0.854. The smallest absolute Gasteiger partial charge is 0.248 e. The third-order valence-corrected chi connectivity index (χ3v) is 3.23. The molecular weight excluding hydrogens is 248 g/mol. The maximum absolute atomic E-state index is 12.5. The van der Waals surface area contributed by atoms with Crippen molar-refractivity contribution in [2.45, 2.75) is 12.8 Å². The molecule has 0 bridgehead atoms. The van der Waals surface area contributed by atoms with Gasteiger partial charge in [-0.05, 0) is 30.2 Å². The van der Waals surface area contributed by atoms with E-state index in [9.17, 15) is 10.1 Å². The molecule has 1 atom stereocenters. The van der Waals surface area contributed by atoms with Gasteiger partial charge in [-0.3, -0.25) is 4.79 Å². The van der Waals surface area contributed by atoms with Crippen molar-refractivity contribution >= 4 is 11.6 Å². The summed E-state index contributed by atoms with van der Waals surface area (Å²) in [6.07, 6.45) is 0. The van der Waals surface area contributed by atoms with Crippen LogP contribution in [-0.4, -0.2) is 13.0 Å². The van der Waals surface area contributed by atoms with E-state index in [2.05, 4.69) is 6.07 Å². The first-order valence-electron chi connectivity index (χ1n) is 6.42. The third-order valence-electron chi connectivity index (χ3n) is 3.23. The van der Waals surface area contributed by atoms with Crippen LogP contribution in [0.3, 0.4) is 0 Å². The Labute approximate surface area is 119 Å². The van der Waals surface area contributed by atoms with Crippen LogP contribution >= 0.6 is 0 Å². The Kier molecular flexibility index (Phi) is 4.17. The average Bonchev–Trinajstić information content (AvgIpc) is 2.48. The Morgan fingerprint density at radius 2 is 1.85 bits per heavy atom. The molecule has 2 rings (SSSR count). The summed E-state index contributed by atoms with van der Waals surface area (Å²) in [5.74, 6) is -0.994. The van der Waals surface area contributed by atoms with Gasteiger partial charge in [-0.15, -0.1) is 0 Å². The van der Waals surface area contributed by atoms with Crippen molar-refractivity contribution in [1.29, 1.82) is 5.26 Å². The second-order valence-electron chi connectivity index (χ2n) is 4.71. The van der Waals surface area contributed by atoms with Gasteiger partial charge in [-0.1, -0.05) is 42.5 Å². The number of hydrogen-bond donors (Lipinski definition) is 0. The van der Waals surface area contributed by atoms with Crippen LogP contribution in [0.25, 0.3) is 0 Å². The zero-order valence-corrected chi connectivity index (χ0v) is 11.6. The molecule has 100 valence electrons. The summed E-state index contributed by atoms with van der Waals surface area (Å²) in [7, 11) is 1.70. The van der Waals surface area contributed by atoms with Crippen molar-refractivity contribution in [2.24, 2.45) is 0 Å². The highest BCUT2D eigenvalue weighted by Gasteiger charge is 2.24. The Balaban J connectivity index is 2.28. The van der Waals surface area contributed by atoms with E-state index in [-0.39, 0.29) is 5.91 Å². The van der Waals surface area contributed by atoms with Gasteiger partial charge in [0.25, 0.3) is 0 Å². The molecule has 0 aliphatic carbocycles. The number of nitriles is 1. The predicted molar refractivity (Wildman–Crippen MR) is 79.4 cm³/mol. The van der Waals surface area contributed by atoms with Crippen LogP contribution in [0.15, 0.2) is 54.6 Å². The van der Waals surface area contributed by atoms with Crippen LogP contribution in [0.2, 0.25) is 0 Å². The summed E-state index contributed by atoms with van der Waals surface area (Å²) in [4.78, 5) is 14.0. The lowest BCUT2D eigenvalue weighted by atomic mass is 9.99. The Bertz CT molecular complexity index is 644. The van der Waals surface area contributed by atoms with E-state index in [0.717, 1.165) is 16.8 Å². The van der Waals surface area contributed by atoms with E-state index in [0.29, 0.717) is 0 Å². The minimum atomic E-state index is -0.776. The maximum Gasteiger partial charge on any atom is 0.248 e. The van der Waals surface area contributed by atoms with Gasteiger partial charge in [0.2, 0.25) is 5.91 Å². The highest BCUT2D eigenvalue weighted by Crippen LogP contribution is 2.22. The average molecular weight is 264 g/mol. The maximum atomic E-state index is 12.5. The molecule has 0 spiro atoms. The van der Waals surface area contributed by atoms with Crippen molar-refractivity contribution in [1.82, 2.24) is 0 Å². The van der Waals surface area contributed by atoms with Crippen LogP contribution in [0.1, 0.15) is 17.0 Å². The van der Waals surface area contributed by atoms with E-state index >= 15 is 0 Å². The molecule has 0 N–H and O–H groups in total. The van der Waals surface area contributed by atoms with E-state index in [1.54, 1.807) is 19.2 Å². The molecule has 1 amide bonds. The molecule has 0 aliphatic rings. The Hall–Kier alpha value is -2.60. The van der Waals surface area contributed by atoms with Crippen molar-refractivity contribution < 1.29 is 4.79 Å². The molecule has 0 saturated carbocycles. The van der Waals surface area contributed by atoms with Crippen LogP contribution in [-0.2, 0) is 4.79 Å². The molecule has 3 nitrogen and oxygen atoms in total. The lowest BCUT2D eigenvalue weighted by Crippen LogP contribution is -2.31. The molecule has 0 radical (unpaired) electrons. The lowest BCUT2D eigenvalue weighted by Gasteiger charge is -2.20. The molecule has 0 saturated heterocycles. The first-order chi connectivity index (χ1) is 9.63. The first-order valence-corrected chi connectivity index (χ1v) is 6.42. The summed E-state index contributed by atoms with van der Waals surface area (Å²) in [6, 6.07) is 18.9. The second kappa shape index (κ2) is 6.03. The van der Waals surface area contributed by atoms with E-state index in [4.69, 9.17) is 0 Å². The predicted octanol–water partition coefficient (Wildman–Crippen LogP) is 3.27. The minimum absolute atomic E-state index is 0.218. The summed E-state index contributed by atoms with van der Waals surface area (Å²) >= 11 is 0.